The molecule has 5 heteroatoms. The normalized spacial score (nSPS) is 16.8. The van der Waals surface area contributed by atoms with Crippen molar-refractivity contribution in [2.45, 2.75) is 48.3 Å². The zero-order valence-corrected chi connectivity index (χ0v) is 29.8. The Bertz CT molecular complexity index is 2640. The van der Waals surface area contributed by atoms with Crippen LogP contribution in [0.4, 0.5) is 34.1 Å². The van der Waals surface area contributed by atoms with Crippen molar-refractivity contribution in [3.63, 3.8) is 0 Å². The summed E-state index contributed by atoms with van der Waals surface area (Å²) in [4.78, 5) is 5.33. The van der Waals surface area contributed by atoms with Crippen LogP contribution in [0.2, 0.25) is 0 Å². The summed E-state index contributed by atoms with van der Waals surface area (Å²) in [5.74, 6) is 0. The van der Waals surface area contributed by atoms with Gasteiger partial charge in [-0.1, -0.05) is 125 Å². The Balaban J connectivity index is 1.18. The van der Waals surface area contributed by atoms with E-state index in [9.17, 15) is 8.42 Å². The second kappa shape index (κ2) is 10.2. The summed E-state index contributed by atoms with van der Waals surface area (Å²) in [6.07, 6.45) is 0. The van der Waals surface area contributed by atoms with E-state index in [-0.39, 0.29) is 10.8 Å². The number of para-hydroxylation sites is 4. The quantitative estimate of drug-likeness (QED) is 0.182. The smallest absolute Gasteiger partial charge is 0.208 e. The van der Waals surface area contributed by atoms with Crippen molar-refractivity contribution in [1.29, 1.82) is 0 Å². The molecule has 0 aliphatic carbocycles. The Hall–Kier alpha value is -5.65. The first kappa shape index (κ1) is 30.2. The summed E-state index contributed by atoms with van der Waals surface area (Å²) in [5.41, 5.74) is 12.4. The summed E-state index contributed by atoms with van der Waals surface area (Å²) in [6, 6.07) is 50.2. The summed E-state index contributed by atoms with van der Waals surface area (Å²) >= 11 is 0. The maximum atomic E-state index is 14.6. The predicted octanol–water partition coefficient (Wildman–Crippen LogP) is 11.9. The number of rotatable bonds is 2. The largest absolute Gasteiger partial charge is 0.310 e. The van der Waals surface area contributed by atoms with E-state index in [1.54, 1.807) is 6.07 Å². The Morgan fingerprint density at radius 3 is 1.43 bits per heavy atom. The molecule has 3 aliphatic rings. The summed E-state index contributed by atoms with van der Waals surface area (Å²) in [7, 11) is -3.80. The standard InChI is InChI=1S/C46H36N2O2S/c1-45(2)34-15-5-9-19-39(34)47(40-20-10-6-16-35(40)45)29-24-27-43-33(28-29)32-26-25-30-31(44(32)51(43,49)50)14-13-23-38(30)48-41-21-11-7-17-36(41)46(3,4)37-18-8-12-22-42(37)48/h5-28H,1-4H3. The van der Waals surface area contributed by atoms with Crippen molar-refractivity contribution < 1.29 is 8.42 Å². The van der Waals surface area contributed by atoms with Crippen LogP contribution in [0.1, 0.15) is 49.9 Å². The van der Waals surface area contributed by atoms with Crippen LogP contribution in [0.5, 0.6) is 0 Å². The third-order valence-corrected chi connectivity index (χ3v) is 13.5. The van der Waals surface area contributed by atoms with Gasteiger partial charge in [0.2, 0.25) is 9.84 Å². The van der Waals surface area contributed by atoms with E-state index in [0.29, 0.717) is 9.79 Å². The molecule has 0 saturated carbocycles. The van der Waals surface area contributed by atoms with E-state index in [0.717, 1.165) is 56.0 Å². The van der Waals surface area contributed by atoms with Crippen LogP contribution in [0.25, 0.3) is 21.9 Å². The molecule has 0 unspecified atom stereocenters. The van der Waals surface area contributed by atoms with Crippen molar-refractivity contribution in [2.75, 3.05) is 9.80 Å². The van der Waals surface area contributed by atoms with Gasteiger partial charge < -0.3 is 9.80 Å². The van der Waals surface area contributed by atoms with Gasteiger partial charge in [0.1, 0.15) is 0 Å². The van der Waals surface area contributed by atoms with Gasteiger partial charge in [-0.25, -0.2) is 8.42 Å². The molecular weight excluding hydrogens is 645 g/mol. The Labute approximate surface area is 299 Å². The lowest BCUT2D eigenvalue weighted by Crippen LogP contribution is -2.30. The molecule has 0 saturated heterocycles. The first-order valence-corrected chi connectivity index (χ1v) is 19.0. The van der Waals surface area contributed by atoms with Crippen molar-refractivity contribution in [2.24, 2.45) is 0 Å². The molecule has 10 rings (SSSR count). The lowest BCUT2D eigenvalue weighted by molar-refractivity contribution is 0.599. The maximum absolute atomic E-state index is 14.6. The molecule has 248 valence electrons. The molecule has 0 atom stereocenters. The van der Waals surface area contributed by atoms with Gasteiger partial charge in [0, 0.05) is 38.4 Å². The van der Waals surface area contributed by atoms with Crippen LogP contribution in [-0.2, 0) is 20.7 Å². The molecule has 0 amide bonds. The van der Waals surface area contributed by atoms with Crippen LogP contribution in [0.3, 0.4) is 0 Å². The zero-order valence-electron chi connectivity index (χ0n) is 29.0. The molecule has 3 heterocycles. The van der Waals surface area contributed by atoms with Gasteiger partial charge in [-0.05, 0) is 70.8 Å². The van der Waals surface area contributed by atoms with Crippen molar-refractivity contribution >= 4 is 54.7 Å². The van der Waals surface area contributed by atoms with Gasteiger partial charge in [-0.15, -0.1) is 0 Å². The van der Waals surface area contributed by atoms with Gasteiger partial charge >= 0.3 is 0 Å². The zero-order chi connectivity index (χ0) is 34.9. The predicted molar refractivity (Wildman–Crippen MR) is 208 cm³/mol. The number of nitrogens with zero attached hydrogens (tertiary/aromatic N) is 2. The molecule has 0 spiro atoms. The van der Waals surface area contributed by atoms with Crippen LogP contribution in [-0.4, -0.2) is 8.42 Å². The molecule has 0 bridgehead atoms. The topological polar surface area (TPSA) is 40.6 Å². The average molecular weight is 681 g/mol. The highest BCUT2D eigenvalue weighted by Gasteiger charge is 2.40. The monoisotopic (exact) mass is 680 g/mol. The first-order chi connectivity index (χ1) is 24.6. The van der Waals surface area contributed by atoms with Gasteiger partial charge in [0.05, 0.1) is 38.2 Å². The molecule has 51 heavy (non-hydrogen) atoms. The second-order valence-electron chi connectivity index (χ2n) is 15.0. The minimum absolute atomic E-state index is 0.182. The minimum atomic E-state index is -3.80. The summed E-state index contributed by atoms with van der Waals surface area (Å²) in [6.45, 7) is 9.10. The number of hydrogen-bond donors (Lipinski definition) is 0. The maximum Gasteiger partial charge on any atom is 0.208 e. The van der Waals surface area contributed by atoms with E-state index in [2.05, 4.69) is 153 Å². The lowest BCUT2D eigenvalue weighted by Gasteiger charge is -2.42. The highest BCUT2D eigenvalue weighted by molar-refractivity contribution is 7.92. The summed E-state index contributed by atoms with van der Waals surface area (Å²) in [5, 5.41) is 1.64. The molecule has 0 radical (unpaired) electrons. The highest BCUT2D eigenvalue weighted by atomic mass is 32.2. The van der Waals surface area contributed by atoms with E-state index in [1.165, 1.54) is 22.3 Å². The molecule has 4 nitrogen and oxygen atoms in total. The Morgan fingerprint density at radius 1 is 0.431 bits per heavy atom. The number of anilines is 6. The van der Waals surface area contributed by atoms with Crippen molar-refractivity contribution in [3.05, 3.63) is 168 Å². The highest BCUT2D eigenvalue weighted by Crippen LogP contribution is 2.56. The van der Waals surface area contributed by atoms with Crippen molar-refractivity contribution in [3.8, 4) is 11.1 Å². The fraction of sp³-hybridized carbons (Fsp3) is 0.130. The number of fused-ring (bicyclic) bond motifs is 9. The van der Waals surface area contributed by atoms with Gasteiger partial charge in [0.25, 0.3) is 0 Å². The van der Waals surface area contributed by atoms with Crippen molar-refractivity contribution in [1.82, 2.24) is 0 Å². The SMILES string of the molecule is CC1(C)c2ccccc2N(c2ccc3c(c2)-c2ccc4c(N5c6ccccc6C(C)(C)c6ccccc65)cccc4c2S3(=O)=O)c2ccccc21. The molecular formula is C46H36N2O2S. The molecule has 7 aromatic carbocycles. The lowest BCUT2D eigenvalue weighted by atomic mass is 9.73. The fourth-order valence-electron chi connectivity index (χ4n) is 9.10. The third kappa shape index (κ3) is 3.93. The minimum Gasteiger partial charge on any atom is -0.310 e. The van der Waals surface area contributed by atoms with Crippen LogP contribution in [0.15, 0.2) is 155 Å². The number of hydrogen-bond acceptors (Lipinski definition) is 4. The van der Waals surface area contributed by atoms with E-state index < -0.39 is 9.84 Å². The average Bonchev–Trinajstić information content (AvgIpc) is 3.38. The van der Waals surface area contributed by atoms with Gasteiger partial charge in [0.15, 0.2) is 0 Å². The molecule has 0 fully saturated rings. The molecule has 0 N–H and O–H groups in total. The number of benzene rings is 7. The van der Waals surface area contributed by atoms with Crippen LogP contribution in [0, 0.1) is 0 Å². The summed E-state index contributed by atoms with van der Waals surface area (Å²) < 4.78 is 29.2. The second-order valence-corrected chi connectivity index (χ2v) is 16.8. The van der Waals surface area contributed by atoms with Crippen LogP contribution >= 0.6 is 0 Å². The van der Waals surface area contributed by atoms with Crippen LogP contribution < -0.4 is 9.80 Å². The van der Waals surface area contributed by atoms with Gasteiger partial charge in [-0.2, -0.15) is 0 Å². The Kier molecular flexibility index (Phi) is 6.05. The number of sulfone groups is 1. The van der Waals surface area contributed by atoms with E-state index >= 15 is 0 Å². The molecule has 0 aromatic heterocycles. The third-order valence-electron chi connectivity index (χ3n) is 11.6. The van der Waals surface area contributed by atoms with Gasteiger partial charge in [-0.3, -0.25) is 0 Å². The Morgan fingerprint density at radius 2 is 0.902 bits per heavy atom. The molecule has 7 aromatic rings. The van der Waals surface area contributed by atoms with E-state index in [1.807, 2.05) is 24.3 Å². The first-order valence-electron chi connectivity index (χ1n) is 17.5. The fourth-order valence-corrected chi connectivity index (χ4v) is 11.0. The van der Waals surface area contributed by atoms with E-state index in [4.69, 9.17) is 0 Å². The molecule has 3 aliphatic heterocycles.